The van der Waals surface area contributed by atoms with Crippen LogP contribution >= 0.6 is 0 Å². The highest BCUT2D eigenvalue weighted by molar-refractivity contribution is 7.81. The van der Waals surface area contributed by atoms with Gasteiger partial charge in [0.2, 0.25) is 0 Å². The highest BCUT2D eigenvalue weighted by Gasteiger charge is 2.40. The molecule has 0 aliphatic rings. The van der Waals surface area contributed by atoms with Crippen LogP contribution in [0.1, 0.15) is 0 Å². The third kappa shape index (κ3) is 3.64. The molecule has 0 aliphatic carbocycles. The zero-order valence-corrected chi connectivity index (χ0v) is 14.3. The Kier molecular flexibility index (Phi) is 4.90. The fraction of sp³-hybridized carbons (Fsp3) is 0.0556. The molecule has 0 bridgehead atoms. The lowest BCUT2D eigenvalue weighted by atomic mass is 10.1. The Labute approximate surface area is 153 Å². The summed E-state index contributed by atoms with van der Waals surface area (Å²) in [7, 11) is 0. The smallest absolute Gasteiger partial charge is 0.456 e. The second-order valence-electron chi connectivity index (χ2n) is 5.48. The number of hydrogen-bond acceptors (Lipinski definition) is 4. The van der Waals surface area contributed by atoms with Crippen LogP contribution in [0.3, 0.4) is 0 Å². The van der Waals surface area contributed by atoms with Crippen LogP contribution in [-0.4, -0.2) is 20.2 Å². The molecular weight excluding hydrogens is 383 g/mol. The summed E-state index contributed by atoms with van der Waals surface area (Å²) in [6.45, 7) is 0. The van der Waals surface area contributed by atoms with Gasteiger partial charge >= 0.3 is 16.6 Å². The van der Waals surface area contributed by atoms with Gasteiger partial charge in [-0.3, -0.25) is 4.98 Å². The normalized spacial score (nSPS) is 12.7. The van der Waals surface area contributed by atoms with E-state index in [2.05, 4.69) is 9.17 Å². The largest absolute Gasteiger partial charge is 0.508 e. The maximum atomic E-state index is 12.5. The van der Waals surface area contributed by atoms with Crippen molar-refractivity contribution in [3.63, 3.8) is 0 Å². The van der Waals surface area contributed by atoms with E-state index in [4.69, 9.17) is 4.42 Å². The number of halogens is 3. The van der Waals surface area contributed by atoms with Gasteiger partial charge < -0.3 is 14.1 Å². The van der Waals surface area contributed by atoms with Crippen molar-refractivity contribution >= 4 is 32.8 Å². The van der Waals surface area contributed by atoms with Crippen LogP contribution in [0.25, 0.3) is 33.1 Å². The molecule has 0 fully saturated rings. The molecule has 0 spiro atoms. The number of hydrogen-bond donors (Lipinski definition) is 0. The Balaban J connectivity index is 0.00000210. The molecule has 2 N–H and O–H groups in total. The first-order chi connectivity index (χ1) is 12.4. The maximum absolute atomic E-state index is 12.5. The molecule has 1 unspecified atom stereocenters. The molecule has 1 atom stereocenters. The van der Waals surface area contributed by atoms with Crippen LogP contribution in [0, 0.1) is 0 Å². The van der Waals surface area contributed by atoms with Crippen LogP contribution in [0.2, 0.25) is 0 Å². The molecule has 4 aromatic rings. The Morgan fingerprint density at radius 3 is 2.52 bits per heavy atom. The predicted molar refractivity (Wildman–Crippen MR) is 95.4 cm³/mol. The number of pyridine rings is 1. The van der Waals surface area contributed by atoms with Crippen molar-refractivity contribution in [1.82, 2.24) is 4.98 Å². The Hall–Kier alpha value is -2.91. The van der Waals surface area contributed by atoms with E-state index in [1.54, 1.807) is 18.5 Å². The lowest BCUT2D eigenvalue weighted by Crippen LogP contribution is -2.20. The van der Waals surface area contributed by atoms with Crippen molar-refractivity contribution in [2.75, 3.05) is 0 Å². The van der Waals surface area contributed by atoms with E-state index in [-0.39, 0.29) is 11.2 Å². The summed E-state index contributed by atoms with van der Waals surface area (Å²) in [6, 6.07) is 13.5. The summed E-state index contributed by atoms with van der Waals surface area (Å²) < 4.78 is 58.9. The van der Waals surface area contributed by atoms with Gasteiger partial charge in [-0.15, -0.1) is 0 Å². The maximum Gasteiger partial charge on any atom is 0.508 e. The van der Waals surface area contributed by atoms with E-state index >= 15 is 0 Å². The number of rotatable bonds is 3. The topological polar surface area (TPSA) is 83.8 Å². The van der Waals surface area contributed by atoms with Gasteiger partial charge in [-0.2, -0.15) is 13.2 Å². The minimum absolute atomic E-state index is 0. The second-order valence-corrected chi connectivity index (χ2v) is 6.58. The average Bonchev–Trinajstić information content (AvgIpc) is 3.04. The van der Waals surface area contributed by atoms with E-state index in [1.807, 2.05) is 30.3 Å². The minimum atomic E-state index is -4.95. The van der Waals surface area contributed by atoms with Crippen molar-refractivity contribution in [1.29, 1.82) is 0 Å². The predicted octanol–water partition coefficient (Wildman–Crippen LogP) is 4.39. The second kappa shape index (κ2) is 7.01. The number of fused-ring (bicyclic) bond motifs is 2. The summed E-state index contributed by atoms with van der Waals surface area (Å²) in [6.07, 6.45) is 3.14. The molecule has 27 heavy (non-hydrogen) atoms. The van der Waals surface area contributed by atoms with Gasteiger partial charge in [-0.1, -0.05) is 18.2 Å². The van der Waals surface area contributed by atoms with Gasteiger partial charge in [-0.05, 0) is 35.7 Å². The van der Waals surface area contributed by atoms with Crippen molar-refractivity contribution in [2.24, 2.45) is 0 Å². The third-order valence-corrected chi connectivity index (χ3v) is 4.51. The fourth-order valence-corrected chi connectivity index (χ4v) is 3.01. The standard InChI is InChI=1S/C18H10F3NO3S.H2O/c19-18(20,21)26(23)25-13-6-5-12-9-22-10-15(14(12)8-13)17-7-11-3-1-2-4-16(11)24-17;/h1-10H;1H2. The van der Waals surface area contributed by atoms with Gasteiger partial charge in [-0.25, -0.2) is 4.21 Å². The quantitative estimate of drug-likeness (QED) is 0.515. The lowest BCUT2D eigenvalue weighted by molar-refractivity contribution is -0.0437. The van der Waals surface area contributed by atoms with E-state index in [0.717, 1.165) is 5.39 Å². The highest BCUT2D eigenvalue weighted by atomic mass is 32.2. The van der Waals surface area contributed by atoms with Crippen molar-refractivity contribution in [3.05, 3.63) is 60.9 Å². The summed E-state index contributed by atoms with van der Waals surface area (Å²) in [4.78, 5) is 4.15. The molecular formula is C18H12F3NO4S. The Morgan fingerprint density at radius 2 is 1.78 bits per heavy atom. The number of alkyl halides is 3. The molecule has 2 heterocycles. The van der Waals surface area contributed by atoms with Gasteiger partial charge in [0.15, 0.2) is 0 Å². The molecule has 0 amide bonds. The van der Waals surface area contributed by atoms with Crippen LogP contribution in [0.5, 0.6) is 5.75 Å². The van der Waals surface area contributed by atoms with Crippen LogP contribution in [0.4, 0.5) is 13.2 Å². The molecule has 2 aromatic heterocycles. The molecule has 0 radical (unpaired) electrons. The highest BCUT2D eigenvalue weighted by Crippen LogP contribution is 2.34. The zero-order valence-electron chi connectivity index (χ0n) is 13.5. The Morgan fingerprint density at radius 1 is 1.00 bits per heavy atom. The summed E-state index contributed by atoms with van der Waals surface area (Å²) >= 11 is -3.43. The SMILES string of the molecule is O.O=S(Oc1ccc2cncc(-c3cc4ccccc4o3)c2c1)C(F)(F)F. The monoisotopic (exact) mass is 395 g/mol. The van der Waals surface area contributed by atoms with Gasteiger partial charge in [0.25, 0.3) is 0 Å². The molecule has 9 heteroatoms. The van der Waals surface area contributed by atoms with E-state index in [9.17, 15) is 17.4 Å². The minimum Gasteiger partial charge on any atom is -0.456 e. The van der Waals surface area contributed by atoms with Crippen molar-refractivity contribution in [3.8, 4) is 17.1 Å². The molecule has 0 saturated heterocycles. The van der Waals surface area contributed by atoms with Gasteiger partial charge in [0, 0.05) is 28.7 Å². The number of nitrogens with zero attached hydrogens (tertiary/aromatic N) is 1. The van der Waals surface area contributed by atoms with E-state index in [1.165, 1.54) is 12.1 Å². The Bertz CT molecular complexity index is 1110. The van der Waals surface area contributed by atoms with E-state index in [0.29, 0.717) is 27.7 Å². The van der Waals surface area contributed by atoms with Crippen molar-refractivity contribution < 1.29 is 31.5 Å². The third-order valence-electron chi connectivity index (χ3n) is 3.78. The van der Waals surface area contributed by atoms with Crippen LogP contribution < -0.4 is 4.18 Å². The molecule has 4 rings (SSSR count). The fourth-order valence-electron chi connectivity index (χ4n) is 2.64. The average molecular weight is 395 g/mol. The molecule has 0 saturated carbocycles. The lowest BCUT2D eigenvalue weighted by Gasteiger charge is -2.09. The number of furan rings is 1. The first-order valence-electron chi connectivity index (χ1n) is 7.45. The summed E-state index contributed by atoms with van der Waals surface area (Å²) in [5.74, 6) is 0.370. The van der Waals surface area contributed by atoms with Crippen molar-refractivity contribution in [2.45, 2.75) is 5.51 Å². The number of benzene rings is 2. The summed E-state index contributed by atoms with van der Waals surface area (Å²) in [5.41, 5.74) is -3.67. The molecule has 2 aromatic carbocycles. The number of para-hydroxylation sites is 1. The first-order valence-corrected chi connectivity index (χ1v) is 8.53. The van der Waals surface area contributed by atoms with Gasteiger partial charge in [0.05, 0.1) is 0 Å². The molecule has 140 valence electrons. The first kappa shape index (κ1) is 18.9. The van der Waals surface area contributed by atoms with E-state index < -0.39 is 16.6 Å². The van der Waals surface area contributed by atoms with Crippen LogP contribution in [-0.2, 0) is 11.1 Å². The zero-order chi connectivity index (χ0) is 18.3. The van der Waals surface area contributed by atoms with Crippen LogP contribution in [0.15, 0.2) is 65.3 Å². The number of aromatic nitrogens is 1. The van der Waals surface area contributed by atoms with Gasteiger partial charge in [0.1, 0.15) is 17.1 Å². The molecule has 5 nitrogen and oxygen atoms in total. The molecule has 0 aliphatic heterocycles. The summed E-state index contributed by atoms with van der Waals surface area (Å²) in [5, 5.41) is 2.16.